The van der Waals surface area contributed by atoms with E-state index in [-0.39, 0.29) is 16.4 Å². The topological polar surface area (TPSA) is 61.8 Å². The van der Waals surface area contributed by atoms with Crippen LogP contribution in [0.5, 0.6) is 0 Å². The van der Waals surface area contributed by atoms with E-state index in [4.69, 9.17) is 4.74 Å². The van der Waals surface area contributed by atoms with Crippen LogP contribution in [0.25, 0.3) is 0 Å². The van der Waals surface area contributed by atoms with Crippen LogP contribution in [-0.2, 0) is 9.53 Å². The summed E-state index contributed by atoms with van der Waals surface area (Å²) in [7, 11) is 0. The number of halogens is 1. The van der Waals surface area contributed by atoms with Gasteiger partial charge in [0.2, 0.25) is 0 Å². The predicted molar refractivity (Wildman–Crippen MR) is 196 cm³/mol. The molecular formula is C43H67FN2O3. The minimum atomic E-state index is -1.24. The maximum atomic E-state index is 14.0. The molecule has 0 radical (unpaired) electrons. The van der Waals surface area contributed by atoms with Gasteiger partial charge in [0.15, 0.2) is 0 Å². The van der Waals surface area contributed by atoms with Gasteiger partial charge in [0, 0.05) is 31.7 Å². The van der Waals surface area contributed by atoms with Crippen LogP contribution in [0.3, 0.4) is 0 Å². The molecular weight excluding hydrogens is 611 g/mol. The fourth-order valence-electron chi connectivity index (χ4n) is 14.4. The van der Waals surface area contributed by atoms with Crippen molar-refractivity contribution in [3.63, 3.8) is 0 Å². The monoisotopic (exact) mass is 679 g/mol. The molecule has 5 nitrogen and oxygen atoms in total. The van der Waals surface area contributed by atoms with Gasteiger partial charge in [-0.1, -0.05) is 58.9 Å². The number of morpholine rings is 1. The van der Waals surface area contributed by atoms with Crippen molar-refractivity contribution in [2.45, 2.75) is 124 Å². The van der Waals surface area contributed by atoms with Crippen molar-refractivity contribution < 1.29 is 19.0 Å². The van der Waals surface area contributed by atoms with E-state index in [0.29, 0.717) is 53.8 Å². The number of carboxylic acids is 1. The van der Waals surface area contributed by atoms with E-state index in [1.54, 1.807) is 0 Å². The summed E-state index contributed by atoms with van der Waals surface area (Å²) in [4.78, 5) is 14.6. The van der Waals surface area contributed by atoms with Gasteiger partial charge in [-0.05, 0) is 146 Å². The Kier molecular flexibility index (Phi) is 9.21. The first-order valence-corrected chi connectivity index (χ1v) is 20.1. The third-order valence-electron chi connectivity index (χ3n) is 17.3. The number of carbonyl (C=O) groups is 1. The highest BCUT2D eigenvalue weighted by Gasteiger charge is 2.70. The Labute approximate surface area is 297 Å². The van der Waals surface area contributed by atoms with E-state index in [9.17, 15) is 14.3 Å². The number of nitrogens with one attached hydrogen (secondary N) is 1. The maximum Gasteiger partial charge on any atom is 0.312 e. The molecule has 0 aromatic carbocycles. The lowest BCUT2D eigenvalue weighted by atomic mass is 9.33. The lowest BCUT2D eigenvalue weighted by molar-refractivity contribution is -0.221. The van der Waals surface area contributed by atoms with Gasteiger partial charge in [0.1, 0.15) is 6.67 Å². The van der Waals surface area contributed by atoms with Crippen molar-refractivity contribution in [2.75, 3.05) is 46.1 Å². The summed E-state index contributed by atoms with van der Waals surface area (Å²) in [5.41, 5.74) is 3.99. The standard InChI is InChI=1S/C43H67FN2O3/c1-29(2)31-12-19-43(45-22-23-46-24-26-49-27-25-46)21-20-40(6)33(36(31)43)8-9-35-39(5)15-13-32(38(3,4)34(39)14-16-41(35,40)7)30-10-17-42(28-44,18-11-30)37(47)48/h10,13,31,33-36,45H,1,8-9,11-12,14-28H2,2-7H3,(H,47,48)/t31-,33+,34-,35?,36+,39-,40+,41+,42-,43-/m0/s1. The highest BCUT2D eigenvalue weighted by atomic mass is 19.1. The average Bonchev–Trinajstić information content (AvgIpc) is 3.45. The molecule has 5 fully saturated rings. The minimum absolute atomic E-state index is 0.0134. The van der Waals surface area contributed by atoms with Gasteiger partial charge in [-0.2, -0.15) is 0 Å². The molecule has 0 spiro atoms. The third kappa shape index (κ3) is 5.33. The van der Waals surface area contributed by atoms with Crippen LogP contribution in [-0.4, -0.2) is 67.6 Å². The Hall–Kier alpha value is -1.50. The Morgan fingerprint density at radius 2 is 1.71 bits per heavy atom. The molecule has 6 aliphatic carbocycles. The normalized spacial score (nSPS) is 46.4. The molecule has 1 unspecified atom stereocenters. The number of carboxylic acid groups (broad SMARTS) is 1. The Bertz CT molecular complexity index is 1380. The van der Waals surface area contributed by atoms with Crippen LogP contribution in [0.1, 0.15) is 119 Å². The Morgan fingerprint density at radius 1 is 0.959 bits per heavy atom. The smallest absolute Gasteiger partial charge is 0.312 e. The molecule has 274 valence electrons. The fourth-order valence-corrected chi connectivity index (χ4v) is 14.4. The molecule has 0 bridgehead atoms. The highest BCUT2D eigenvalue weighted by Crippen LogP contribution is 2.76. The third-order valence-corrected chi connectivity index (χ3v) is 17.3. The van der Waals surface area contributed by atoms with Crippen LogP contribution in [0.2, 0.25) is 0 Å². The highest BCUT2D eigenvalue weighted by molar-refractivity contribution is 5.75. The van der Waals surface area contributed by atoms with E-state index in [2.05, 4.69) is 70.5 Å². The Balaban J connectivity index is 1.15. The summed E-state index contributed by atoms with van der Waals surface area (Å²) in [6.45, 7) is 25.3. The van der Waals surface area contributed by atoms with Crippen molar-refractivity contribution >= 4 is 5.97 Å². The Morgan fingerprint density at radius 3 is 2.37 bits per heavy atom. The van der Waals surface area contributed by atoms with Crippen molar-refractivity contribution in [1.82, 2.24) is 10.2 Å². The van der Waals surface area contributed by atoms with Gasteiger partial charge in [0.05, 0.1) is 18.6 Å². The molecule has 7 aliphatic rings. The summed E-state index contributed by atoms with van der Waals surface area (Å²) >= 11 is 0. The number of aliphatic carboxylic acids is 1. The number of fused-ring (bicyclic) bond motifs is 7. The van der Waals surface area contributed by atoms with Gasteiger partial charge < -0.3 is 15.2 Å². The molecule has 0 aromatic heterocycles. The average molecular weight is 679 g/mol. The van der Waals surface area contributed by atoms with E-state index >= 15 is 0 Å². The first kappa shape index (κ1) is 35.9. The van der Waals surface area contributed by atoms with Gasteiger partial charge >= 0.3 is 5.97 Å². The number of rotatable bonds is 8. The number of hydrogen-bond acceptors (Lipinski definition) is 4. The van der Waals surface area contributed by atoms with Crippen LogP contribution in [0, 0.1) is 56.7 Å². The van der Waals surface area contributed by atoms with Crippen LogP contribution < -0.4 is 5.32 Å². The summed E-state index contributed by atoms with van der Waals surface area (Å²) in [5, 5.41) is 14.1. The number of hydrogen-bond donors (Lipinski definition) is 2. The second-order valence-corrected chi connectivity index (χ2v) is 19.4. The number of alkyl halides is 1. The van der Waals surface area contributed by atoms with Crippen LogP contribution in [0.4, 0.5) is 4.39 Å². The predicted octanol–water partition coefficient (Wildman–Crippen LogP) is 9.01. The molecule has 4 saturated carbocycles. The van der Waals surface area contributed by atoms with Gasteiger partial charge in [0.25, 0.3) is 0 Å². The molecule has 1 aliphatic heterocycles. The van der Waals surface area contributed by atoms with Crippen LogP contribution >= 0.6 is 0 Å². The molecule has 7 rings (SSSR count). The van der Waals surface area contributed by atoms with E-state index in [1.807, 2.05) is 0 Å². The molecule has 10 atom stereocenters. The van der Waals surface area contributed by atoms with Gasteiger partial charge in [-0.25, -0.2) is 4.39 Å². The largest absolute Gasteiger partial charge is 0.481 e. The maximum absolute atomic E-state index is 14.0. The molecule has 1 saturated heterocycles. The molecule has 6 heteroatoms. The van der Waals surface area contributed by atoms with Crippen LogP contribution in [0.15, 0.2) is 35.5 Å². The van der Waals surface area contributed by atoms with Gasteiger partial charge in [-0.15, -0.1) is 0 Å². The second-order valence-electron chi connectivity index (χ2n) is 19.4. The molecule has 2 N–H and O–H groups in total. The number of ether oxygens (including phenoxy) is 1. The fraction of sp³-hybridized carbons (Fsp3) is 0.837. The van der Waals surface area contributed by atoms with E-state index < -0.39 is 18.1 Å². The molecule has 1 heterocycles. The first-order valence-electron chi connectivity index (χ1n) is 20.1. The van der Waals surface area contributed by atoms with Crippen molar-refractivity contribution in [1.29, 1.82) is 0 Å². The molecule has 0 amide bonds. The minimum Gasteiger partial charge on any atom is -0.481 e. The number of nitrogens with zero attached hydrogens (tertiary/aromatic N) is 1. The second kappa shape index (κ2) is 12.6. The first-order chi connectivity index (χ1) is 23.2. The van der Waals surface area contributed by atoms with Crippen molar-refractivity contribution in [3.8, 4) is 0 Å². The summed E-state index contributed by atoms with van der Waals surface area (Å²) in [6.07, 6.45) is 17.5. The van der Waals surface area contributed by atoms with Crippen molar-refractivity contribution in [2.24, 2.45) is 56.7 Å². The lowest BCUT2D eigenvalue weighted by Crippen LogP contribution is -2.68. The van der Waals surface area contributed by atoms with Crippen molar-refractivity contribution in [3.05, 3.63) is 35.5 Å². The van der Waals surface area contributed by atoms with Gasteiger partial charge in [-0.3, -0.25) is 9.69 Å². The van der Waals surface area contributed by atoms with E-state index in [1.165, 1.54) is 68.1 Å². The zero-order valence-electron chi connectivity index (χ0n) is 31.8. The zero-order chi connectivity index (χ0) is 35.0. The lowest BCUT2D eigenvalue weighted by Gasteiger charge is -2.72. The zero-order valence-corrected chi connectivity index (χ0v) is 31.8. The molecule has 0 aromatic rings. The molecule has 49 heavy (non-hydrogen) atoms. The summed E-state index contributed by atoms with van der Waals surface area (Å²) in [6, 6.07) is 0. The number of allylic oxidation sites excluding steroid dienone is 5. The van der Waals surface area contributed by atoms with E-state index in [0.717, 1.165) is 51.7 Å². The summed E-state index contributed by atoms with van der Waals surface area (Å²) < 4.78 is 19.6. The quantitative estimate of drug-likeness (QED) is 0.251. The summed E-state index contributed by atoms with van der Waals surface area (Å²) in [5.74, 6) is 2.31. The SMILES string of the molecule is C=C(C)[C@@H]1CC[C@]2(NCCN3CCOCC3)CC[C@]3(C)[C@H](CCC4[C@@]5(C)CC=C(C6=CC[C@](CF)(C(=O)O)CC6)C(C)(C)[C@@H]5CC[C@]43C)[C@@H]12.